The number of rotatable bonds is 3. The van der Waals surface area contributed by atoms with E-state index in [0.717, 1.165) is 42.1 Å². The summed E-state index contributed by atoms with van der Waals surface area (Å²) in [4.78, 5) is 6.53. The maximum absolute atomic E-state index is 6.02. The number of nitrogens with zero attached hydrogens (tertiary/aromatic N) is 3. The fourth-order valence-corrected chi connectivity index (χ4v) is 3.34. The van der Waals surface area contributed by atoms with Crippen molar-refractivity contribution in [3.05, 3.63) is 24.5 Å². The summed E-state index contributed by atoms with van der Waals surface area (Å²) in [5, 5.41) is 4.67. The van der Waals surface area contributed by atoms with E-state index < -0.39 is 0 Å². The van der Waals surface area contributed by atoms with Crippen LogP contribution in [0.3, 0.4) is 0 Å². The SMILES string of the molecule is CN1CCC(Nc2snc(N)c2-c2cccnc2)CC1. The minimum atomic E-state index is 0.501. The number of nitrogen functional groups attached to an aromatic ring is 1. The maximum Gasteiger partial charge on any atom is 0.147 e. The number of aromatic nitrogens is 2. The average molecular weight is 289 g/mol. The molecule has 20 heavy (non-hydrogen) atoms. The zero-order valence-electron chi connectivity index (χ0n) is 11.5. The smallest absolute Gasteiger partial charge is 0.147 e. The van der Waals surface area contributed by atoms with Crippen LogP contribution in [0.15, 0.2) is 24.5 Å². The summed E-state index contributed by atoms with van der Waals surface area (Å²) in [6, 6.07) is 4.44. The lowest BCUT2D eigenvalue weighted by Gasteiger charge is -2.29. The number of nitrogens with two attached hydrogens (primary N) is 1. The number of piperidine rings is 1. The minimum Gasteiger partial charge on any atom is -0.382 e. The molecule has 0 aliphatic carbocycles. The van der Waals surface area contributed by atoms with Crippen LogP contribution in [0.2, 0.25) is 0 Å². The highest BCUT2D eigenvalue weighted by Gasteiger charge is 2.20. The Labute approximate surface area is 123 Å². The summed E-state index contributed by atoms with van der Waals surface area (Å²) in [7, 11) is 2.17. The number of hydrogen-bond acceptors (Lipinski definition) is 6. The summed E-state index contributed by atoms with van der Waals surface area (Å²) >= 11 is 1.44. The van der Waals surface area contributed by atoms with Gasteiger partial charge in [-0.2, -0.15) is 4.37 Å². The van der Waals surface area contributed by atoms with Crippen molar-refractivity contribution < 1.29 is 0 Å². The van der Waals surface area contributed by atoms with Gasteiger partial charge >= 0.3 is 0 Å². The molecule has 0 atom stereocenters. The number of anilines is 2. The van der Waals surface area contributed by atoms with Gasteiger partial charge in [0.25, 0.3) is 0 Å². The third kappa shape index (κ3) is 2.76. The Kier molecular flexibility index (Phi) is 3.84. The molecule has 0 amide bonds. The van der Waals surface area contributed by atoms with Crippen LogP contribution in [-0.2, 0) is 0 Å². The average Bonchev–Trinajstić information content (AvgIpc) is 2.83. The molecule has 106 valence electrons. The van der Waals surface area contributed by atoms with Crippen molar-refractivity contribution in [3.8, 4) is 11.1 Å². The van der Waals surface area contributed by atoms with Crippen LogP contribution < -0.4 is 11.1 Å². The summed E-state index contributed by atoms with van der Waals surface area (Å²) < 4.78 is 4.29. The highest BCUT2D eigenvalue weighted by Crippen LogP contribution is 2.37. The minimum absolute atomic E-state index is 0.501. The lowest BCUT2D eigenvalue weighted by Crippen LogP contribution is -2.36. The Morgan fingerprint density at radius 2 is 2.20 bits per heavy atom. The first-order valence-electron chi connectivity index (χ1n) is 6.84. The summed E-state index contributed by atoms with van der Waals surface area (Å²) in [5.41, 5.74) is 8.03. The van der Waals surface area contributed by atoms with Crippen molar-refractivity contribution in [2.45, 2.75) is 18.9 Å². The van der Waals surface area contributed by atoms with Gasteiger partial charge in [-0.25, -0.2) is 0 Å². The largest absolute Gasteiger partial charge is 0.382 e. The van der Waals surface area contributed by atoms with E-state index in [9.17, 15) is 0 Å². The number of likely N-dealkylation sites (tertiary alicyclic amines) is 1. The second-order valence-electron chi connectivity index (χ2n) is 5.24. The van der Waals surface area contributed by atoms with Gasteiger partial charge in [-0.15, -0.1) is 0 Å². The highest BCUT2D eigenvalue weighted by molar-refractivity contribution is 7.11. The zero-order chi connectivity index (χ0) is 13.9. The molecule has 1 saturated heterocycles. The van der Waals surface area contributed by atoms with Gasteiger partial charge < -0.3 is 16.0 Å². The number of nitrogens with one attached hydrogen (secondary N) is 1. The molecule has 0 aromatic carbocycles. The van der Waals surface area contributed by atoms with Gasteiger partial charge in [0.1, 0.15) is 10.8 Å². The molecule has 3 heterocycles. The Hall–Kier alpha value is -1.66. The summed E-state index contributed by atoms with van der Waals surface area (Å²) in [6.07, 6.45) is 5.91. The molecular formula is C14H19N5S. The molecule has 0 spiro atoms. The summed E-state index contributed by atoms with van der Waals surface area (Å²) in [5.74, 6) is 0.582. The second kappa shape index (κ2) is 5.76. The van der Waals surface area contributed by atoms with Crippen LogP contribution in [0.4, 0.5) is 10.8 Å². The third-order valence-electron chi connectivity index (χ3n) is 3.72. The first-order valence-corrected chi connectivity index (χ1v) is 7.62. The molecular weight excluding hydrogens is 270 g/mol. The van der Waals surface area contributed by atoms with E-state index in [1.165, 1.54) is 11.5 Å². The van der Waals surface area contributed by atoms with Crippen LogP contribution in [0.1, 0.15) is 12.8 Å². The van der Waals surface area contributed by atoms with Gasteiger partial charge in [-0.3, -0.25) is 4.98 Å². The quantitative estimate of drug-likeness (QED) is 0.907. The van der Waals surface area contributed by atoms with Crippen molar-refractivity contribution in [1.82, 2.24) is 14.3 Å². The van der Waals surface area contributed by atoms with E-state index in [1.807, 2.05) is 18.3 Å². The molecule has 0 saturated carbocycles. The molecule has 1 fully saturated rings. The Morgan fingerprint density at radius 1 is 1.40 bits per heavy atom. The van der Waals surface area contributed by atoms with E-state index in [0.29, 0.717) is 11.9 Å². The van der Waals surface area contributed by atoms with Gasteiger partial charge in [0, 0.05) is 24.0 Å². The molecule has 3 N–H and O–H groups in total. The first-order chi connectivity index (χ1) is 9.74. The Bertz CT molecular complexity index is 560. The van der Waals surface area contributed by atoms with Crippen molar-refractivity contribution in [2.75, 3.05) is 31.2 Å². The molecule has 2 aromatic heterocycles. The van der Waals surface area contributed by atoms with Crippen molar-refractivity contribution in [3.63, 3.8) is 0 Å². The molecule has 0 radical (unpaired) electrons. The molecule has 1 aliphatic rings. The van der Waals surface area contributed by atoms with E-state index >= 15 is 0 Å². The number of hydrogen-bond donors (Lipinski definition) is 2. The predicted octanol–water partition coefficient (Wildman–Crippen LogP) is 2.29. The van der Waals surface area contributed by atoms with Crippen molar-refractivity contribution >= 4 is 22.4 Å². The van der Waals surface area contributed by atoms with Gasteiger partial charge in [0.2, 0.25) is 0 Å². The normalized spacial score (nSPS) is 17.2. The number of pyridine rings is 1. The topological polar surface area (TPSA) is 67.1 Å². The Morgan fingerprint density at radius 3 is 2.90 bits per heavy atom. The van der Waals surface area contributed by atoms with Gasteiger partial charge in [-0.1, -0.05) is 6.07 Å². The molecule has 0 bridgehead atoms. The molecule has 5 nitrogen and oxygen atoms in total. The predicted molar refractivity (Wildman–Crippen MR) is 83.9 cm³/mol. The third-order valence-corrected chi connectivity index (χ3v) is 4.52. The molecule has 2 aromatic rings. The Balaban J connectivity index is 1.81. The fourth-order valence-electron chi connectivity index (χ4n) is 2.53. The van der Waals surface area contributed by atoms with Gasteiger partial charge in [0.05, 0.1) is 5.56 Å². The van der Waals surface area contributed by atoms with Gasteiger partial charge in [-0.05, 0) is 50.6 Å². The maximum atomic E-state index is 6.02. The van der Waals surface area contributed by atoms with E-state index in [4.69, 9.17) is 5.73 Å². The monoisotopic (exact) mass is 289 g/mol. The highest BCUT2D eigenvalue weighted by atomic mass is 32.1. The van der Waals surface area contributed by atoms with Gasteiger partial charge in [0.15, 0.2) is 0 Å². The lowest BCUT2D eigenvalue weighted by molar-refractivity contribution is 0.264. The molecule has 1 aliphatic heterocycles. The van der Waals surface area contributed by atoms with Crippen LogP contribution in [0.25, 0.3) is 11.1 Å². The van der Waals surface area contributed by atoms with E-state index in [-0.39, 0.29) is 0 Å². The van der Waals surface area contributed by atoms with Crippen LogP contribution in [0.5, 0.6) is 0 Å². The fraction of sp³-hybridized carbons (Fsp3) is 0.429. The molecule has 3 rings (SSSR count). The molecule has 6 heteroatoms. The summed E-state index contributed by atoms with van der Waals surface area (Å²) in [6.45, 7) is 2.27. The molecule has 0 unspecified atom stereocenters. The second-order valence-corrected chi connectivity index (χ2v) is 6.01. The van der Waals surface area contributed by atoms with Crippen LogP contribution in [-0.4, -0.2) is 40.4 Å². The lowest BCUT2D eigenvalue weighted by atomic mass is 10.0. The van der Waals surface area contributed by atoms with E-state index in [2.05, 4.69) is 26.6 Å². The van der Waals surface area contributed by atoms with E-state index in [1.54, 1.807) is 6.20 Å². The van der Waals surface area contributed by atoms with Crippen LogP contribution in [0, 0.1) is 0 Å². The van der Waals surface area contributed by atoms with Crippen LogP contribution >= 0.6 is 11.5 Å². The zero-order valence-corrected chi connectivity index (χ0v) is 12.4. The standard InChI is InChI=1S/C14H19N5S/c1-19-7-4-11(5-8-19)17-14-12(13(15)18-20-14)10-3-2-6-16-9-10/h2-3,6,9,11,17H,4-5,7-8H2,1H3,(H2,15,18). The van der Waals surface area contributed by atoms with Crippen molar-refractivity contribution in [1.29, 1.82) is 0 Å². The van der Waals surface area contributed by atoms with Crippen molar-refractivity contribution in [2.24, 2.45) is 0 Å². The first kappa shape index (κ1) is 13.3.